The fourth-order valence-corrected chi connectivity index (χ4v) is 4.21. The highest BCUT2D eigenvalue weighted by molar-refractivity contribution is 5.69. The molecule has 0 saturated heterocycles. The van der Waals surface area contributed by atoms with Crippen LogP contribution in [0.2, 0.25) is 0 Å². The number of rotatable bonds is 37. The number of ether oxygens (including phenoxy) is 8. The van der Waals surface area contributed by atoms with Crippen molar-refractivity contribution in [2.75, 3.05) is 99.1 Å². The standard InChI is InChI=1S/C33H66O9/c1-3-5-6-7-8-9-10-11-12-13-14-15-16-17-19-35-21-23-37-25-27-39-29-31-41-32-30-40-28-26-38-24-22-36-20-18-33(34)42-4-2/h3-32H2,1-2H3. The molecule has 0 rings (SSSR count). The van der Waals surface area contributed by atoms with Gasteiger partial charge in [0.2, 0.25) is 0 Å². The van der Waals surface area contributed by atoms with Crippen molar-refractivity contribution in [2.45, 2.75) is 110 Å². The molecule has 42 heavy (non-hydrogen) atoms. The van der Waals surface area contributed by atoms with Gasteiger partial charge in [0, 0.05) is 6.61 Å². The molecule has 0 atom stereocenters. The normalized spacial score (nSPS) is 11.4. The van der Waals surface area contributed by atoms with E-state index in [1.54, 1.807) is 6.92 Å². The number of hydrogen-bond acceptors (Lipinski definition) is 9. The fraction of sp³-hybridized carbons (Fsp3) is 0.970. The number of hydrogen-bond donors (Lipinski definition) is 0. The highest BCUT2D eigenvalue weighted by Gasteiger charge is 2.01. The van der Waals surface area contributed by atoms with Crippen LogP contribution in [0.25, 0.3) is 0 Å². The molecular weight excluding hydrogens is 540 g/mol. The minimum absolute atomic E-state index is 0.240. The van der Waals surface area contributed by atoms with E-state index >= 15 is 0 Å². The van der Waals surface area contributed by atoms with Gasteiger partial charge >= 0.3 is 5.97 Å². The molecule has 0 aliphatic heterocycles. The summed E-state index contributed by atoms with van der Waals surface area (Å²) in [7, 11) is 0. The van der Waals surface area contributed by atoms with Crippen molar-refractivity contribution in [3.8, 4) is 0 Å². The van der Waals surface area contributed by atoms with Crippen LogP contribution in [0.4, 0.5) is 0 Å². The van der Waals surface area contributed by atoms with Crippen LogP contribution in [0.5, 0.6) is 0 Å². The first-order chi connectivity index (χ1) is 20.8. The first kappa shape index (κ1) is 41.2. The maximum absolute atomic E-state index is 11.1. The number of esters is 1. The molecule has 0 aliphatic carbocycles. The first-order valence-corrected chi connectivity index (χ1v) is 17.0. The quantitative estimate of drug-likeness (QED) is 0.0578. The Kier molecular flexibility index (Phi) is 37.5. The highest BCUT2D eigenvalue weighted by atomic mass is 16.6. The molecule has 0 amide bonds. The molecule has 252 valence electrons. The molecule has 0 aromatic heterocycles. The maximum atomic E-state index is 11.1. The molecule has 0 unspecified atom stereocenters. The summed E-state index contributed by atoms with van der Waals surface area (Å²) in [6.07, 6.45) is 19.5. The molecule has 0 heterocycles. The third-order valence-electron chi connectivity index (χ3n) is 6.63. The SMILES string of the molecule is CCCCCCCCCCCCCCCCOCCOCCOCCOCCOCCOCCOCCC(=O)OCC. The summed E-state index contributed by atoms with van der Waals surface area (Å²) in [6.45, 7) is 12.1. The third-order valence-corrected chi connectivity index (χ3v) is 6.63. The largest absolute Gasteiger partial charge is 0.466 e. The van der Waals surface area contributed by atoms with Crippen molar-refractivity contribution in [2.24, 2.45) is 0 Å². The first-order valence-electron chi connectivity index (χ1n) is 17.0. The third kappa shape index (κ3) is 37.2. The van der Waals surface area contributed by atoms with Gasteiger partial charge in [-0.15, -0.1) is 0 Å². The van der Waals surface area contributed by atoms with Gasteiger partial charge in [0.1, 0.15) is 0 Å². The van der Waals surface area contributed by atoms with Crippen molar-refractivity contribution in [1.29, 1.82) is 0 Å². The van der Waals surface area contributed by atoms with E-state index in [9.17, 15) is 4.79 Å². The summed E-state index contributed by atoms with van der Waals surface area (Å²) >= 11 is 0. The molecule has 0 N–H and O–H groups in total. The molecule has 0 radical (unpaired) electrons. The van der Waals surface area contributed by atoms with Gasteiger partial charge in [-0.25, -0.2) is 0 Å². The Labute approximate surface area is 257 Å². The predicted molar refractivity (Wildman–Crippen MR) is 167 cm³/mol. The number of carbonyl (C=O) groups is 1. The average Bonchev–Trinajstić information content (AvgIpc) is 2.99. The van der Waals surface area contributed by atoms with Crippen molar-refractivity contribution < 1.29 is 42.7 Å². The van der Waals surface area contributed by atoms with Gasteiger partial charge in [-0.1, -0.05) is 90.4 Å². The summed E-state index contributed by atoms with van der Waals surface area (Å²) < 4.78 is 43.2. The van der Waals surface area contributed by atoms with Gasteiger partial charge in [-0.05, 0) is 13.3 Å². The average molecular weight is 607 g/mol. The van der Waals surface area contributed by atoms with Crippen molar-refractivity contribution >= 4 is 5.97 Å². The Morgan fingerprint density at radius 1 is 0.357 bits per heavy atom. The van der Waals surface area contributed by atoms with Crippen LogP contribution in [0, 0.1) is 0 Å². The Balaban J connectivity index is 3.05. The molecule has 0 aromatic carbocycles. The zero-order chi connectivity index (χ0) is 30.4. The smallest absolute Gasteiger partial charge is 0.308 e. The van der Waals surface area contributed by atoms with Gasteiger partial charge in [0.15, 0.2) is 0 Å². The lowest BCUT2D eigenvalue weighted by Crippen LogP contribution is -2.15. The summed E-state index contributed by atoms with van der Waals surface area (Å²) in [6, 6.07) is 0. The highest BCUT2D eigenvalue weighted by Crippen LogP contribution is 2.12. The molecule has 0 bridgehead atoms. The molecule has 9 heteroatoms. The van der Waals surface area contributed by atoms with Gasteiger partial charge < -0.3 is 37.9 Å². The fourth-order valence-electron chi connectivity index (χ4n) is 4.21. The van der Waals surface area contributed by atoms with Gasteiger partial charge in [-0.3, -0.25) is 4.79 Å². The monoisotopic (exact) mass is 606 g/mol. The van der Waals surface area contributed by atoms with E-state index in [2.05, 4.69) is 6.92 Å². The van der Waals surface area contributed by atoms with Crippen molar-refractivity contribution in [3.63, 3.8) is 0 Å². The summed E-state index contributed by atoms with van der Waals surface area (Å²) in [5, 5.41) is 0. The van der Waals surface area contributed by atoms with Crippen LogP contribution in [0.3, 0.4) is 0 Å². The Morgan fingerprint density at radius 2 is 0.643 bits per heavy atom. The van der Waals surface area contributed by atoms with E-state index in [4.69, 9.17) is 37.9 Å². The second-order valence-electron chi connectivity index (χ2n) is 10.4. The van der Waals surface area contributed by atoms with Crippen molar-refractivity contribution in [3.05, 3.63) is 0 Å². The molecular formula is C33H66O9. The number of carbonyl (C=O) groups excluding carboxylic acids is 1. The molecule has 0 aromatic rings. The van der Waals surface area contributed by atoms with E-state index in [0.29, 0.717) is 92.5 Å². The molecule has 9 nitrogen and oxygen atoms in total. The van der Waals surface area contributed by atoms with Crippen LogP contribution in [-0.2, 0) is 42.7 Å². The maximum Gasteiger partial charge on any atom is 0.308 e. The topological polar surface area (TPSA) is 90.9 Å². The lowest BCUT2D eigenvalue weighted by Gasteiger charge is -2.08. The Bertz CT molecular complexity index is 508. The zero-order valence-electron chi connectivity index (χ0n) is 27.4. The number of unbranched alkanes of at least 4 members (excludes halogenated alkanes) is 13. The Hall–Kier alpha value is -0.810. The minimum atomic E-state index is -0.240. The predicted octanol–water partition coefficient (Wildman–Crippen LogP) is 6.54. The lowest BCUT2D eigenvalue weighted by molar-refractivity contribution is -0.144. The van der Waals surface area contributed by atoms with Crippen molar-refractivity contribution in [1.82, 2.24) is 0 Å². The van der Waals surface area contributed by atoms with Crippen LogP contribution < -0.4 is 0 Å². The zero-order valence-corrected chi connectivity index (χ0v) is 27.4. The van der Waals surface area contributed by atoms with Gasteiger partial charge in [0.05, 0.1) is 98.9 Å². The molecule has 0 aliphatic rings. The second kappa shape index (κ2) is 38.2. The second-order valence-corrected chi connectivity index (χ2v) is 10.4. The van der Waals surface area contributed by atoms with E-state index in [0.717, 1.165) is 13.0 Å². The summed E-state index contributed by atoms with van der Waals surface area (Å²) in [5.41, 5.74) is 0. The lowest BCUT2D eigenvalue weighted by atomic mass is 10.0. The van der Waals surface area contributed by atoms with E-state index < -0.39 is 0 Å². The molecule has 0 spiro atoms. The van der Waals surface area contributed by atoms with Gasteiger partial charge in [0.25, 0.3) is 0 Å². The summed E-state index contributed by atoms with van der Waals surface area (Å²) in [5.74, 6) is -0.240. The summed E-state index contributed by atoms with van der Waals surface area (Å²) in [4.78, 5) is 11.1. The van der Waals surface area contributed by atoms with E-state index in [-0.39, 0.29) is 12.4 Å². The molecule has 0 fully saturated rings. The van der Waals surface area contributed by atoms with E-state index in [1.807, 2.05) is 0 Å². The van der Waals surface area contributed by atoms with E-state index in [1.165, 1.54) is 83.5 Å². The Morgan fingerprint density at radius 3 is 0.976 bits per heavy atom. The van der Waals surface area contributed by atoms with Crippen LogP contribution in [0.1, 0.15) is 110 Å². The molecule has 0 saturated carbocycles. The van der Waals surface area contributed by atoms with Crippen LogP contribution >= 0.6 is 0 Å². The van der Waals surface area contributed by atoms with Crippen LogP contribution in [-0.4, -0.2) is 105 Å². The van der Waals surface area contributed by atoms with Gasteiger partial charge in [-0.2, -0.15) is 0 Å². The minimum Gasteiger partial charge on any atom is -0.466 e. The van der Waals surface area contributed by atoms with Crippen LogP contribution in [0.15, 0.2) is 0 Å².